The highest BCUT2D eigenvalue weighted by atomic mass is 32.2. The Kier molecular flexibility index (Phi) is 6.21. The molecule has 1 aliphatic rings. The number of piperidine rings is 1. The van der Waals surface area contributed by atoms with E-state index in [-0.39, 0.29) is 6.04 Å². The maximum Gasteiger partial charge on any atom is 0.320 e. The van der Waals surface area contributed by atoms with Gasteiger partial charge in [0.25, 0.3) is 0 Å². The van der Waals surface area contributed by atoms with Gasteiger partial charge >= 0.3 is 5.97 Å². The molecule has 2 atom stereocenters. The van der Waals surface area contributed by atoms with Crippen molar-refractivity contribution in [2.75, 3.05) is 24.6 Å². The van der Waals surface area contributed by atoms with Crippen LogP contribution in [0.15, 0.2) is 0 Å². The van der Waals surface area contributed by atoms with Gasteiger partial charge < -0.3 is 5.11 Å². The summed E-state index contributed by atoms with van der Waals surface area (Å²) in [7, 11) is 0. The molecule has 3 nitrogen and oxygen atoms in total. The first-order chi connectivity index (χ1) is 7.65. The molecule has 94 valence electrons. The smallest absolute Gasteiger partial charge is 0.320 e. The van der Waals surface area contributed by atoms with Crippen molar-refractivity contribution in [2.45, 2.75) is 39.2 Å². The third-order valence-corrected chi connectivity index (χ3v) is 4.18. The first-order valence-corrected chi connectivity index (χ1v) is 7.35. The van der Waals surface area contributed by atoms with E-state index in [0.717, 1.165) is 43.9 Å². The average Bonchev–Trinajstić information content (AvgIpc) is 2.26. The monoisotopic (exact) mass is 245 g/mol. The summed E-state index contributed by atoms with van der Waals surface area (Å²) in [4.78, 5) is 13.3. The van der Waals surface area contributed by atoms with Crippen molar-refractivity contribution in [1.82, 2.24) is 4.90 Å². The topological polar surface area (TPSA) is 40.5 Å². The lowest BCUT2D eigenvalue weighted by Gasteiger charge is -2.35. The van der Waals surface area contributed by atoms with Gasteiger partial charge in [-0.3, -0.25) is 9.69 Å². The van der Waals surface area contributed by atoms with Gasteiger partial charge in [0, 0.05) is 0 Å². The first kappa shape index (κ1) is 13.8. The van der Waals surface area contributed by atoms with Crippen molar-refractivity contribution in [3.8, 4) is 0 Å². The Bertz CT molecular complexity index is 223. The Morgan fingerprint density at radius 2 is 2.31 bits per heavy atom. The van der Waals surface area contributed by atoms with Gasteiger partial charge in [0.05, 0.1) is 0 Å². The summed E-state index contributed by atoms with van der Waals surface area (Å²) in [5.74, 6) is 2.21. The highest BCUT2D eigenvalue weighted by molar-refractivity contribution is 7.99. The van der Waals surface area contributed by atoms with Gasteiger partial charge in [-0.1, -0.05) is 13.8 Å². The zero-order valence-electron chi connectivity index (χ0n) is 10.3. The lowest BCUT2D eigenvalue weighted by molar-refractivity contribution is -0.145. The van der Waals surface area contributed by atoms with Crippen LogP contribution in [0.5, 0.6) is 0 Å². The van der Waals surface area contributed by atoms with Gasteiger partial charge in [-0.25, -0.2) is 0 Å². The molecule has 4 heteroatoms. The highest BCUT2D eigenvalue weighted by Crippen LogP contribution is 2.23. The maximum atomic E-state index is 11.2. The number of hydrogen-bond donors (Lipinski definition) is 1. The van der Waals surface area contributed by atoms with Gasteiger partial charge in [-0.05, 0) is 49.8 Å². The molecule has 16 heavy (non-hydrogen) atoms. The predicted octanol–water partition coefficient (Wildman–Crippen LogP) is 2.31. The molecule has 0 saturated carbocycles. The minimum atomic E-state index is -0.644. The standard InChI is InChI=1S/C12H23NO2S/c1-3-16-8-4-6-13-7-5-10(2)9-11(13)12(14)15/h10-11H,3-9H2,1-2H3,(H,14,15). The molecule has 0 aromatic heterocycles. The van der Waals surface area contributed by atoms with Crippen molar-refractivity contribution >= 4 is 17.7 Å². The Morgan fingerprint density at radius 1 is 1.56 bits per heavy atom. The van der Waals surface area contributed by atoms with Crippen LogP contribution in [0.2, 0.25) is 0 Å². The molecule has 2 unspecified atom stereocenters. The zero-order chi connectivity index (χ0) is 12.0. The number of nitrogens with zero attached hydrogens (tertiary/aromatic N) is 1. The predicted molar refractivity (Wildman–Crippen MR) is 69.0 cm³/mol. The third-order valence-electron chi connectivity index (χ3n) is 3.20. The van der Waals surface area contributed by atoms with Gasteiger partial charge in [-0.2, -0.15) is 11.8 Å². The van der Waals surface area contributed by atoms with E-state index in [9.17, 15) is 9.90 Å². The van der Waals surface area contributed by atoms with Crippen LogP contribution in [0.1, 0.15) is 33.1 Å². The number of aliphatic carboxylic acids is 1. The summed E-state index contributed by atoms with van der Waals surface area (Å²) in [5, 5.41) is 9.18. The van der Waals surface area contributed by atoms with Crippen molar-refractivity contribution < 1.29 is 9.90 Å². The fourth-order valence-electron chi connectivity index (χ4n) is 2.23. The van der Waals surface area contributed by atoms with Crippen molar-refractivity contribution in [2.24, 2.45) is 5.92 Å². The number of likely N-dealkylation sites (tertiary alicyclic amines) is 1. The Morgan fingerprint density at radius 3 is 2.94 bits per heavy atom. The van der Waals surface area contributed by atoms with Gasteiger partial charge in [0.1, 0.15) is 6.04 Å². The van der Waals surface area contributed by atoms with Crippen LogP contribution in [-0.4, -0.2) is 46.6 Å². The molecule has 0 aromatic carbocycles. The fourth-order valence-corrected chi connectivity index (χ4v) is 2.85. The molecule has 0 bridgehead atoms. The third kappa shape index (κ3) is 4.34. The van der Waals surface area contributed by atoms with E-state index in [1.54, 1.807) is 0 Å². The average molecular weight is 245 g/mol. The summed E-state index contributed by atoms with van der Waals surface area (Å²) in [6.07, 6.45) is 3.07. The molecule has 1 N–H and O–H groups in total. The molecule has 0 aliphatic carbocycles. The second kappa shape index (κ2) is 7.17. The normalized spacial score (nSPS) is 26.9. The number of carboxylic acids is 1. The molecule has 0 amide bonds. The van der Waals surface area contributed by atoms with Gasteiger partial charge in [0.2, 0.25) is 0 Å². The number of carbonyl (C=O) groups is 1. The molecule has 1 heterocycles. The molecule has 0 aromatic rings. The lowest BCUT2D eigenvalue weighted by atomic mass is 9.92. The first-order valence-electron chi connectivity index (χ1n) is 6.19. The zero-order valence-corrected chi connectivity index (χ0v) is 11.1. The van der Waals surface area contributed by atoms with Crippen LogP contribution < -0.4 is 0 Å². The second-order valence-corrected chi connectivity index (χ2v) is 5.96. The van der Waals surface area contributed by atoms with Gasteiger partial charge in [-0.15, -0.1) is 0 Å². The Labute approximate surface area is 103 Å². The Balaban J connectivity index is 2.34. The van der Waals surface area contributed by atoms with Crippen molar-refractivity contribution in [3.63, 3.8) is 0 Å². The Hall–Kier alpha value is -0.220. The molecule has 1 rings (SSSR count). The summed E-state index contributed by atoms with van der Waals surface area (Å²) in [5.41, 5.74) is 0. The van der Waals surface area contributed by atoms with E-state index in [2.05, 4.69) is 18.7 Å². The van der Waals surface area contributed by atoms with E-state index < -0.39 is 5.97 Å². The molecule has 0 spiro atoms. The van der Waals surface area contributed by atoms with E-state index in [0.29, 0.717) is 5.92 Å². The minimum Gasteiger partial charge on any atom is -0.480 e. The van der Waals surface area contributed by atoms with Crippen LogP contribution in [-0.2, 0) is 4.79 Å². The van der Waals surface area contributed by atoms with E-state index in [1.807, 2.05) is 11.8 Å². The quantitative estimate of drug-likeness (QED) is 0.729. The van der Waals surface area contributed by atoms with Crippen LogP contribution >= 0.6 is 11.8 Å². The maximum absolute atomic E-state index is 11.2. The van der Waals surface area contributed by atoms with E-state index in [1.165, 1.54) is 0 Å². The number of carboxylic acid groups (broad SMARTS) is 1. The molecule has 1 saturated heterocycles. The molecule has 0 radical (unpaired) electrons. The van der Waals surface area contributed by atoms with Gasteiger partial charge in [0.15, 0.2) is 0 Å². The summed E-state index contributed by atoms with van der Waals surface area (Å²) >= 11 is 1.93. The lowest BCUT2D eigenvalue weighted by Crippen LogP contribution is -2.47. The molecular weight excluding hydrogens is 222 g/mol. The number of rotatable bonds is 6. The summed E-state index contributed by atoms with van der Waals surface area (Å²) in [6, 6.07) is -0.240. The SMILES string of the molecule is CCSCCCN1CCC(C)CC1C(=O)O. The largest absolute Gasteiger partial charge is 0.480 e. The second-order valence-electron chi connectivity index (χ2n) is 4.57. The fraction of sp³-hybridized carbons (Fsp3) is 0.917. The van der Waals surface area contributed by atoms with E-state index in [4.69, 9.17) is 0 Å². The molecular formula is C12H23NO2S. The van der Waals surface area contributed by atoms with Crippen LogP contribution in [0.4, 0.5) is 0 Å². The van der Waals surface area contributed by atoms with Crippen molar-refractivity contribution in [3.05, 3.63) is 0 Å². The summed E-state index contributed by atoms with van der Waals surface area (Å²) in [6.45, 7) is 6.21. The molecule has 1 fully saturated rings. The highest BCUT2D eigenvalue weighted by Gasteiger charge is 2.30. The van der Waals surface area contributed by atoms with Crippen LogP contribution in [0.3, 0.4) is 0 Å². The molecule has 1 aliphatic heterocycles. The number of thioether (sulfide) groups is 1. The summed E-state index contributed by atoms with van der Waals surface area (Å²) < 4.78 is 0. The number of hydrogen-bond acceptors (Lipinski definition) is 3. The van der Waals surface area contributed by atoms with Crippen LogP contribution in [0, 0.1) is 5.92 Å². The van der Waals surface area contributed by atoms with Crippen molar-refractivity contribution in [1.29, 1.82) is 0 Å². The van der Waals surface area contributed by atoms with Crippen LogP contribution in [0.25, 0.3) is 0 Å². The van der Waals surface area contributed by atoms with E-state index >= 15 is 0 Å². The minimum absolute atomic E-state index is 0.240.